The lowest BCUT2D eigenvalue weighted by atomic mass is 9.82. The Labute approximate surface area is 237 Å². The number of carbonyl (C=O) groups excluding carboxylic acids is 4. The van der Waals surface area contributed by atoms with Crippen LogP contribution in [0.4, 0.5) is 44.3 Å². The molecule has 0 aromatic carbocycles. The second-order valence-corrected chi connectivity index (χ2v) is 12.0. The van der Waals surface area contributed by atoms with Crippen LogP contribution in [0.15, 0.2) is 0 Å². The van der Waals surface area contributed by atoms with Gasteiger partial charge in [-0.3, -0.25) is 14.9 Å². The first-order valence-electron chi connectivity index (χ1n) is 13.1. The van der Waals surface area contributed by atoms with Gasteiger partial charge in [0.05, 0.1) is 6.54 Å². The van der Waals surface area contributed by atoms with Gasteiger partial charge in [0.2, 0.25) is 0 Å². The number of imide groups is 1. The number of alkyl carbamates (subject to hydrolysis) is 1. The summed E-state index contributed by atoms with van der Waals surface area (Å²) < 4.78 is 128. The van der Waals surface area contributed by atoms with Gasteiger partial charge in [-0.05, 0) is 39.5 Å². The van der Waals surface area contributed by atoms with E-state index in [4.69, 9.17) is 10.5 Å². The second kappa shape index (κ2) is 12.3. The zero-order chi connectivity index (χ0) is 33.4. The minimum absolute atomic E-state index is 0.0916. The number of hydrogen-bond acceptors (Lipinski definition) is 6. The fourth-order valence-electron chi connectivity index (χ4n) is 4.98. The first-order chi connectivity index (χ1) is 18.6. The average molecular weight is 631 g/mol. The molecular formula is C25H37F9N3O5+. The molecule has 4 atom stereocenters. The van der Waals surface area contributed by atoms with Crippen molar-refractivity contribution < 1.29 is 67.9 Å². The Morgan fingerprint density at radius 2 is 1.33 bits per heavy atom. The van der Waals surface area contributed by atoms with Gasteiger partial charge < -0.3 is 10.5 Å². The van der Waals surface area contributed by atoms with E-state index in [1.165, 1.54) is 34.6 Å². The Hall–Kier alpha value is -2.43. The summed E-state index contributed by atoms with van der Waals surface area (Å²) in [5.74, 6) is -29.5. The van der Waals surface area contributed by atoms with Crippen LogP contribution in [0.3, 0.4) is 0 Å². The number of ketones is 1. The van der Waals surface area contributed by atoms with Gasteiger partial charge in [0.15, 0.2) is 12.1 Å². The molecule has 1 saturated heterocycles. The number of nitrogens with zero attached hydrogens (tertiary/aromatic N) is 1. The minimum Gasteiger partial charge on any atom is -0.444 e. The molecule has 17 heteroatoms. The van der Waals surface area contributed by atoms with Gasteiger partial charge in [0.25, 0.3) is 11.7 Å². The molecule has 1 fully saturated rings. The highest BCUT2D eigenvalue weighted by atomic mass is 19.4. The highest BCUT2D eigenvalue weighted by Crippen LogP contribution is 2.54. The predicted octanol–water partition coefficient (Wildman–Crippen LogP) is 4.98. The molecule has 244 valence electrons. The van der Waals surface area contributed by atoms with Gasteiger partial charge in [0, 0.05) is 12.3 Å². The SMILES string of the molecule is CC(C)C(C(=O)C(F)(F)C(F)(F)C(F)(F)C(F)(F)F)[N+]1(C(=O)[C@@H](N)C(C)C)CCCCC1C(=O)NC(=O)OC(C)(C)C. The first kappa shape index (κ1) is 37.6. The van der Waals surface area contributed by atoms with Crippen LogP contribution in [0.5, 0.6) is 0 Å². The van der Waals surface area contributed by atoms with E-state index in [1.807, 2.05) is 0 Å². The van der Waals surface area contributed by atoms with Crippen molar-refractivity contribution in [1.82, 2.24) is 5.32 Å². The van der Waals surface area contributed by atoms with Crippen LogP contribution in [-0.2, 0) is 19.1 Å². The van der Waals surface area contributed by atoms with Crippen LogP contribution in [-0.4, -0.2) is 82.4 Å². The van der Waals surface area contributed by atoms with Crippen molar-refractivity contribution in [1.29, 1.82) is 0 Å². The fourth-order valence-corrected chi connectivity index (χ4v) is 4.98. The fraction of sp³-hybridized carbons (Fsp3) is 0.840. The number of piperidine rings is 1. The summed E-state index contributed by atoms with van der Waals surface area (Å²) in [6.07, 6.45) is -8.94. The number of hydrogen-bond donors (Lipinski definition) is 2. The van der Waals surface area contributed by atoms with E-state index in [9.17, 15) is 49.9 Å². The van der Waals surface area contributed by atoms with E-state index in [0.717, 1.165) is 13.8 Å². The Kier molecular flexibility index (Phi) is 11.0. The molecular weight excluding hydrogens is 593 g/mol. The maximum atomic E-state index is 15.1. The maximum Gasteiger partial charge on any atom is 0.460 e. The molecule has 0 saturated carbocycles. The zero-order valence-corrected chi connectivity index (χ0v) is 24.2. The Morgan fingerprint density at radius 3 is 1.74 bits per heavy atom. The summed E-state index contributed by atoms with van der Waals surface area (Å²) in [6.45, 7) is 8.29. The third-order valence-electron chi connectivity index (χ3n) is 7.00. The van der Waals surface area contributed by atoms with E-state index < -0.39 is 101 Å². The molecule has 3 amide bonds. The van der Waals surface area contributed by atoms with E-state index in [2.05, 4.69) is 0 Å². The van der Waals surface area contributed by atoms with Crippen molar-refractivity contribution in [3.8, 4) is 0 Å². The summed E-state index contributed by atoms with van der Waals surface area (Å²) >= 11 is 0. The molecule has 0 aliphatic carbocycles. The van der Waals surface area contributed by atoms with Gasteiger partial charge in [-0.15, -0.1) is 0 Å². The van der Waals surface area contributed by atoms with Crippen LogP contribution < -0.4 is 11.1 Å². The van der Waals surface area contributed by atoms with Gasteiger partial charge in [0.1, 0.15) is 11.6 Å². The number of nitrogens with two attached hydrogens (primary N) is 1. The van der Waals surface area contributed by atoms with Crippen molar-refractivity contribution in [2.75, 3.05) is 6.54 Å². The topological polar surface area (TPSA) is 116 Å². The molecule has 0 aromatic heterocycles. The molecule has 0 aromatic rings. The highest BCUT2D eigenvalue weighted by molar-refractivity contribution is 5.97. The maximum absolute atomic E-state index is 15.1. The molecule has 1 aliphatic heterocycles. The zero-order valence-electron chi connectivity index (χ0n) is 24.2. The molecule has 0 radical (unpaired) electrons. The third-order valence-corrected chi connectivity index (χ3v) is 7.00. The first-order valence-corrected chi connectivity index (χ1v) is 13.1. The molecule has 0 spiro atoms. The Bertz CT molecular complexity index is 1040. The summed E-state index contributed by atoms with van der Waals surface area (Å²) in [5.41, 5.74) is 4.83. The number of carbonyl (C=O) groups is 4. The summed E-state index contributed by atoms with van der Waals surface area (Å²) in [6, 6.07) is -6.34. The van der Waals surface area contributed by atoms with Gasteiger partial charge in [-0.1, -0.05) is 27.7 Å². The van der Waals surface area contributed by atoms with E-state index in [1.54, 1.807) is 5.32 Å². The van der Waals surface area contributed by atoms with Crippen molar-refractivity contribution in [2.45, 2.75) is 115 Å². The quantitative estimate of drug-likeness (QED) is 0.275. The monoisotopic (exact) mass is 630 g/mol. The van der Waals surface area contributed by atoms with Gasteiger partial charge >= 0.3 is 35.9 Å². The van der Waals surface area contributed by atoms with E-state index in [-0.39, 0.29) is 12.8 Å². The Morgan fingerprint density at radius 1 is 0.833 bits per heavy atom. The van der Waals surface area contributed by atoms with Crippen LogP contribution in [0.1, 0.15) is 67.7 Å². The van der Waals surface area contributed by atoms with Gasteiger partial charge in [-0.2, -0.15) is 39.5 Å². The number of Topliss-reactive ketones (excluding diaryl/α,β-unsaturated/α-hetero) is 1. The number of alkyl halides is 9. The largest absolute Gasteiger partial charge is 0.460 e. The van der Waals surface area contributed by atoms with Crippen LogP contribution in [0, 0.1) is 11.8 Å². The molecule has 0 bridgehead atoms. The number of ether oxygens (including phenoxy) is 1. The van der Waals surface area contributed by atoms with Crippen LogP contribution in [0.2, 0.25) is 0 Å². The molecule has 1 rings (SSSR count). The lowest BCUT2D eigenvalue weighted by Crippen LogP contribution is -2.78. The van der Waals surface area contributed by atoms with Crippen molar-refractivity contribution in [3.63, 3.8) is 0 Å². The normalized spacial score (nSPS) is 22.5. The molecule has 3 N–H and O–H groups in total. The number of likely N-dealkylation sites (tertiary alicyclic amines) is 1. The lowest BCUT2D eigenvalue weighted by Gasteiger charge is -2.51. The molecule has 42 heavy (non-hydrogen) atoms. The summed E-state index contributed by atoms with van der Waals surface area (Å²) in [4.78, 5) is 52.8. The highest BCUT2D eigenvalue weighted by Gasteiger charge is 2.85. The number of amides is 3. The number of quaternary nitrogens is 1. The average Bonchev–Trinajstić information content (AvgIpc) is 2.80. The number of rotatable bonds is 9. The summed E-state index contributed by atoms with van der Waals surface area (Å²) in [5, 5.41) is 1.81. The minimum atomic E-state index is -7.36. The number of halogens is 9. The molecule has 8 nitrogen and oxygen atoms in total. The van der Waals surface area contributed by atoms with Crippen molar-refractivity contribution in [3.05, 3.63) is 0 Å². The number of nitrogens with one attached hydrogen (secondary N) is 1. The van der Waals surface area contributed by atoms with Crippen molar-refractivity contribution in [2.24, 2.45) is 17.6 Å². The molecule has 3 unspecified atom stereocenters. The second-order valence-electron chi connectivity index (χ2n) is 12.0. The summed E-state index contributed by atoms with van der Waals surface area (Å²) in [7, 11) is 0. The standard InChI is InChI=1S/C25H36F9N3O5/c1-12(2)15(35)19(40)37(11-9-8-10-14(37)18(39)36-20(41)42-21(5,6)7)16(13(3)4)17(38)22(26,27)23(28,29)24(30,31)25(32,33)34/h12-16H,8-11,35H2,1-7H3/p+1/t14?,15-,16?,37?/m0/s1. The van der Waals surface area contributed by atoms with Crippen LogP contribution in [0.25, 0.3) is 0 Å². The van der Waals surface area contributed by atoms with Gasteiger partial charge in [-0.25, -0.2) is 14.1 Å². The van der Waals surface area contributed by atoms with Crippen molar-refractivity contribution >= 4 is 23.7 Å². The van der Waals surface area contributed by atoms with E-state index in [0.29, 0.717) is 0 Å². The molecule has 1 heterocycles. The molecule has 1 aliphatic rings. The third kappa shape index (κ3) is 6.86. The lowest BCUT2D eigenvalue weighted by molar-refractivity contribution is -0.895. The van der Waals surface area contributed by atoms with E-state index >= 15 is 8.78 Å². The predicted molar refractivity (Wildman–Crippen MR) is 129 cm³/mol. The Balaban J connectivity index is 3.96. The van der Waals surface area contributed by atoms with Crippen LogP contribution >= 0.6 is 0 Å². The smallest absolute Gasteiger partial charge is 0.444 e.